The lowest BCUT2D eigenvalue weighted by Crippen LogP contribution is -2.58. The largest absolute Gasteiger partial charge is 0.461 e. The highest BCUT2D eigenvalue weighted by Gasteiger charge is 2.65. The Labute approximate surface area is 430 Å². The number of hydrogen-bond acceptors (Lipinski definition) is 16. The van der Waals surface area contributed by atoms with Crippen LogP contribution in [0.2, 0.25) is 0 Å². The van der Waals surface area contributed by atoms with Gasteiger partial charge >= 0.3 is 11.9 Å². The molecule has 4 saturated heterocycles. The van der Waals surface area contributed by atoms with E-state index in [4.69, 9.17) is 56.8 Å². The van der Waals surface area contributed by atoms with Crippen LogP contribution in [0.3, 0.4) is 0 Å². The number of cyclic esters (lactones) is 2. The Bertz CT molecular complexity index is 1660. The van der Waals surface area contributed by atoms with E-state index < -0.39 is 83.9 Å². The third-order valence-electron chi connectivity index (χ3n) is 15.0. The quantitative estimate of drug-likeness (QED) is 0.189. The third-order valence-corrected chi connectivity index (χ3v) is 15.0. The molecule has 5 heterocycles. The second kappa shape index (κ2) is 28.0. The van der Waals surface area contributed by atoms with Crippen molar-refractivity contribution in [2.24, 2.45) is 23.7 Å². The van der Waals surface area contributed by atoms with Crippen molar-refractivity contribution in [2.45, 2.75) is 243 Å². The Kier molecular flexibility index (Phi) is 23.4. The van der Waals surface area contributed by atoms with Crippen LogP contribution in [0.5, 0.6) is 0 Å². The molecule has 4 bridgehead atoms. The highest BCUT2D eigenvalue weighted by molar-refractivity contribution is 5.77. The van der Waals surface area contributed by atoms with Crippen LogP contribution in [0.25, 0.3) is 0 Å². The van der Waals surface area contributed by atoms with Crippen LogP contribution in [0.15, 0.2) is 48.6 Å². The second-order valence-electron chi connectivity index (χ2n) is 21.9. The minimum atomic E-state index is -1.39. The van der Waals surface area contributed by atoms with Crippen molar-refractivity contribution in [1.82, 2.24) is 0 Å². The first-order valence-corrected chi connectivity index (χ1v) is 26.9. The monoisotopic (exact) mass is 1020 g/mol. The van der Waals surface area contributed by atoms with E-state index in [9.17, 15) is 19.8 Å². The van der Waals surface area contributed by atoms with Gasteiger partial charge in [0.2, 0.25) is 23.8 Å². The van der Waals surface area contributed by atoms with Crippen molar-refractivity contribution in [1.29, 1.82) is 0 Å². The van der Waals surface area contributed by atoms with Gasteiger partial charge in [0.05, 0.1) is 48.8 Å². The first-order valence-electron chi connectivity index (χ1n) is 26.9. The fourth-order valence-corrected chi connectivity index (χ4v) is 10.7. The van der Waals surface area contributed by atoms with Crippen molar-refractivity contribution >= 4 is 11.9 Å². The SMILES string of the molecule is COCO[C@H]1CC/C=C/C=C\CC[C@H](C)OC(=O)C2OC(C)(C)O[C@]23O[C@@H](CC[C@H]3C)[C@H](C)C(O)C[C@@H](OCOC)CC/C=C/C=C\CC[C@H](C)OC(=O)C2OC(C)(C)O[C@]23O[C@@H](CC[C@H]3C)[C@H](C)C(O)C1. The number of esters is 2. The molecule has 0 aromatic heterocycles. The number of carbonyl (C=O) groups excluding carboxylic acids is 2. The molecule has 0 aromatic rings. The van der Waals surface area contributed by atoms with Gasteiger partial charge in [0.15, 0.2) is 11.6 Å². The Morgan fingerprint density at radius 3 is 1.21 bits per heavy atom. The maximum absolute atomic E-state index is 14.0. The van der Waals surface area contributed by atoms with Crippen molar-refractivity contribution in [3.05, 3.63) is 48.6 Å². The topological polar surface area (TPSA) is 185 Å². The number of fused-ring (bicyclic) bond motifs is 2. The number of ether oxygens (including phenoxy) is 12. The van der Waals surface area contributed by atoms with E-state index in [1.165, 1.54) is 0 Å². The summed E-state index contributed by atoms with van der Waals surface area (Å²) in [6, 6.07) is 0. The van der Waals surface area contributed by atoms with Gasteiger partial charge in [-0.3, -0.25) is 0 Å². The minimum Gasteiger partial charge on any atom is -0.461 e. The molecule has 5 aliphatic heterocycles. The average Bonchev–Trinajstić information content (AvgIpc) is 3.77. The Balaban J connectivity index is 1.31. The summed E-state index contributed by atoms with van der Waals surface area (Å²) in [6.45, 7) is 19.0. The molecule has 72 heavy (non-hydrogen) atoms. The molecule has 5 rings (SSSR count). The molecule has 0 aromatic carbocycles. The predicted molar refractivity (Wildman–Crippen MR) is 270 cm³/mol. The van der Waals surface area contributed by atoms with E-state index in [2.05, 4.69) is 12.2 Å². The average molecular weight is 1020 g/mol. The van der Waals surface area contributed by atoms with Gasteiger partial charge in [-0.1, -0.05) is 76.3 Å². The zero-order valence-corrected chi connectivity index (χ0v) is 45.6. The van der Waals surface area contributed by atoms with Gasteiger partial charge in [-0.05, 0) is 131 Å². The first-order chi connectivity index (χ1) is 34.2. The predicted octanol–water partition coefficient (Wildman–Crippen LogP) is 9.29. The van der Waals surface area contributed by atoms with Crippen LogP contribution in [0, 0.1) is 23.7 Å². The van der Waals surface area contributed by atoms with Crippen LogP contribution in [0.1, 0.15) is 159 Å². The number of methoxy groups -OCH3 is 2. The molecule has 0 radical (unpaired) electrons. The molecule has 4 unspecified atom stereocenters. The molecule has 0 amide bonds. The van der Waals surface area contributed by atoms with Gasteiger partial charge in [-0.25, -0.2) is 9.59 Å². The molecule has 2 spiro atoms. The number of allylic oxidation sites excluding steroid dienone is 8. The number of hydrogen-bond donors (Lipinski definition) is 2. The van der Waals surface area contributed by atoms with Crippen molar-refractivity contribution in [3.63, 3.8) is 0 Å². The lowest BCUT2D eigenvalue weighted by Gasteiger charge is -2.46. The summed E-state index contributed by atoms with van der Waals surface area (Å²) in [5.74, 6) is -7.07. The highest BCUT2D eigenvalue weighted by Crippen LogP contribution is 2.51. The van der Waals surface area contributed by atoms with Gasteiger partial charge in [-0.15, -0.1) is 0 Å². The van der Waals surface area contributed by atoms with Gasteiger partial charge in [-0.2, -0.15) is 0 Å². The summed E-state index contributed by atoms with van der Waals surface area (Å²) < 4.78 is 73.8. The smallest absolute Gasteiger partial charge is 0.341 e. The highest BCUT2D eigenvalue weighted by atomic mass is 16.9. The van der Waals surface area contributed by atoms with Crippen LogP contribution < -0.4 is 0 Å². The van der Waals surface area contributed by atoms with E-state index in [-0.39, 0.29) is 49.5 Å². The zero-order valence-electron chi connectivity index (χ0n) is 45.6. The summed E-state index contributed by atoms with van der Waals surface area (Å²) in [6.07, 6.45) is 18.8. The second-order valence-corrected chi connectivity index (χ2v) is 21.9. The molecule has 16 nitrogen and oxygen atoms in total. The van der Waals surface area contributed by atoms with Gasteiger partial charge in [0, 0.05) is 37.9 Å². The standard InChI is InChI=1S/C56H92O16/c1-37-29-31-47-41(5)45(57)33-43(63-35-61-11)27-23-19-16-14-18-22-26-40(4)66-52(60)50-56(72-54(9,10)70-50)38(2)30-32-48(68-56)42(6)46(58)34-44(64-36-62-12)28-24-20-15-13-17-21-25-39(3)65-51(59)49-55(37,67-47)71-53(7,8)69-49/h13-20,37-50,57-58H,21-36H2,1-12H3/b17-13-,18-14-,19-16+,20-15+/t37-,38-,39+,40+,41-,42-,43+,44+,45?,46?,47+,48+,49?,50?,55+,56+/m1/s1. The number of rotatable bonds is 6. The van der Waals surface area contributed by atoms with E-state index in [1.54, 1.807) is 41.9 Å². The summed E-state index contributed by atoms with van der Waals surface area (Å²) in [5.41, 5.74) is 0. The lowest BCUT2D eigenvalue weighted by molar-refractivity contribution is -0.322. The maximum atomic E-state index is 14.0. The van der Waals surface area contributed by atoms with Crippen LogP contribution in [-0.2, 0) is 66.4 Å². The van der Waals surface area contributed by atoms with Gasteiger partial charge in [0.1, 0.15) is 13.6 Å². The van der Waals surface area contributed by atoms with Crippen LogP contribution in [0.4, 0.5) is 0 Å². The third kappa shape index (κ3) is 16.7. The van der Waals surface area contributed by atoms with Crippen LogP contribution >= 0.6 is 0 Å². The van der Waals surface area contributed by atoms with E-state index >= 15 is 0 Å². The molecule has 412 valence electrons. The Morgan fingerprint density at radius 1 is 0.514 bits per heavy atom. The number of carbonyl (C=O) groups is 2. The summed E-state index contributed by atoms with van der Waals surface area (Å²) in [7, 11) is 3.15. The molecule has 2 N–H and O–H groups in total. The molecular weight excluding hydrogens is 929 g/mol. The normalized spacial score (nSPS) is 42.3. The summed E-state index contributed by atoms with van der Waals surface area (Å²) in [4.78, 5) is 28.0. The number of aliphatic hydroxyl groups excluding tert-OH is 2. The summed E-state index contributed by atoms with van der Waals surface area (Å²) >= 11 is 0. The summed E-state index contributed by atoms with van der Waals surface area (Å²) in [5, 5.41) is 23.4. The molecular formula is C56H92O16. The Morgan fingerprint density at radius 2 is 0.861 bits per heavy atom. The molecule has 0 aliphatic carbocycles. The fraction of sp³-hybridized carbons (Fsp3) is 0.821. The van der Waals surface area contributed by atoms with Crippen molar-refractivity contribution in [3.8, 4) is 0 Å². The van der Waals surface area contributed by atoms with Crippen molar-refractivity contribution < 1.29 is 76.6 Å². The van der Waals surface area contributed by atoms with E-state index in [0.717, 1.165) is 0 Å². The first kappa shape index (κ1) is 60.3. The van der Waals surface area contributed by atoms with E-state index in [1.807, 2.05) is 78.0 Å². The minimum absolute atomic E-state index is 0.0929. The fourth-order valence-electron chi connectivity index (χ4n) is 10.7. The molecule has 16 atom stereocenters. The van der Waals surface area contributed by atoms with E-state index in [0.29, 0.717) is 89.9 Å². The van der Waals surface area contributed by atoms with Crippen molar-refractivity contribution in [2.75, 3.05) is 27.8 Å². The molecule has 16 heteroatoms. The maximum Gasteiger partial charge on any atom is 0.341 e. The molecule has 4 fully saturated rings. The number of aliphatic hydroxyl groups is 2. The molecule has 0 saturated carbocycles. The molecule has 5 aliphatic rings. The lowest BCUT2D eigenvalue weighted by atomic mass is 9.81. The Hall–Kier alpha value is -2.58. The zero-order chi connectivity index (χ0) is 52.7. The van der Waals surface area contributed by atoms with Gasteiger partial charge < -0.3 is 67.1 Å². The van der Waals surface area contributed by atoms with Crippen LogP contribution in [-0.4, -0.2) is 134 Å². The van der Waals surface area contributed by atoms with Gasteiger partial charge in [0.25, 0.3) is 0 Å².